The Morgan fingerprint density at radius 2 is 2.46 bits per heavy atom. The third-order valence-electron chi connectivity index (χ3n) is 2.67. The minimum Gasteiger partial charge on any atom is -0.481 e. The van der Waals surface area contributed by atoms with Gasteiger partial charge in [0.1, 0.15) is 5.76 Å². The molecule has 0 radical (unpaired) electrons. The molecular formula is C9H11NO3. The van der Waals surface area contributed by atoms with Gasteiger partial charge in [0.05, 0.1) is 12.6 Å². The first-order valence-electron chi connectivity index (χ1n) is 4.28. The Morgan fingerprint density at radius 1 is 1.77 bits per heavy atom. The number of hydrogen-bond acceptors (Lipinski definition) is 3. The smallest absolute Gasteiger partial charge is 0.304 e. The normalized spacial score (nSPS) is 18.5. The third kappa shape index (κ3) is 1.32. The highest BCUT2D eigenvalue weighted by Gasteiger charge is 2.48. The van der Waals surface area contributed by atoms with E-state index in [0.29, 0.717) is 0 Å². The molecule has 4 nitrogen and oxygen atoms in total. The van der Waals surface area contributed by atoms with E-state index in [4.69, 9.17) is 9.63 Å². The summed E-state index contributed by atoms with van der Waals surface area (Å²) in [5.74, 6) is -0.00292. The highest BCUT2D eigenvalue weighted by molar-refractivity contribution is 5.70. The largest absolute Gasteiger partial charge is 0.481 e. The molecule has 1 fully saturated rings. The molecule has 1 heterocycles. The molecule has 0 spiro atoms. The van der Waals surface area contributed by atoms with Crippen LogP contribution in [0.15, 0.2) is 10.7 Å². The van der Waals surface area contributed by atoms with Crippen LogP contribution in [0.1, 0.15) is 30.6 Å². The molecule has 0 aromatic carbocycles. The van der Waals surface area contributed by atoms with Crippen molar-refractivity contribution in [2.24, 2.45) is 0 Å². The molecule has 4 heteroatoms. The zero-order chi connectivity index (χ0) is 9.47. The van der Waals surface area contributed by atoms with E-state index >= 15 is 0 Å². The summed E-state index contributed by atoms with van der Waals surface area (Å²) in [6, 6.07) is 0. The number of aromatic nitrogens is 1. The van der Waals surface area contributed by atoms with Crippen LogP contribution in [0.3, 0.4) is 0 Å². The van der Waals surface area contributed by atoms with Crippen LogP contribution in [0.4, 0.5) is 0 Å². The summed E-state index contributed by atoms with van der Waals surface area (Å²) in [5, 5.41) is 12.4. The Bertz CT molecular complexity index is 338. The first-order chi connectivity index (χ1) is 6.14. The van der Waals surface area contributed by atoms with Crippen molar-refractivity contribution in [1.29, 1.82) is 0 Å². The molecule has 0 unspecified atom stereocenters. The summed E-state index contributed by atoms with van der Waals surface area (Å²) in [7, 11) is 0. The van der Waals surface area contributed by atoms with Crippen LogP contribution < -0.4 is 0 Å². The second-order valence-electron chi connectivity index (χ2n) is 3.65. The Labute approximate surface area is 75.5 Å². The maximum atomic E-state index is 10.6. The number of carboxylic acids is 1. The van der Waals surface area contributed by atoms with Crippen molar-refractivity contribution in [1.82, 2.24) is 5.16 Å². The van der Waals surface area contributed by atoms with Gasteiger partial charge in [-0.2, -0.15) is 0 Å². The second-order valence-corrected chi connectivity index (χ2v) is 3.65. The first-order valence-corrected chi connectivity index (χ1v) is 4.28. The molecule has 1 N–H and O–H groups in total. The molecule has 1 aromatic heterocycles. The fourth-order valence-corrected chi connectivity index (χ4v) is 1.79. The van der Waals surface area contributed by atoms with Gasteiger partial charge in [0.15, 0.2) is 0 Å². The molecule has 13 heavy (non-hydrogen) atoms. The maximum absolute atomic E-state index is 10.6. The lowest BCUT2D eigenvalue weighted by molar-refractivity contribution is -0.137. The lowest BCUT2D eigenvalue weighted by Crippen LogP contribution is -2.13. The van der Waals surface area contributed by atoms with Crippen molar-refractivity contribution >= 4 is 5.97 Å². The number of aliphatic carboxylic acids is 1. The Balaban J connectivity index is 2.25. The van der Waals surface area contributed by atoms with Gasteiger partial charge in [-0.3, -0.25) is 4.79 Å². The van der Waals surface area contributed by atoms with Gasteiger partial charge < -0.3 is 9.63 Å². The van der Waals surface area contributed by atoms with E-state index in [9.17, 15) is 4.79 Å². The average molecular weight is 181 g/mol. The molecule has 0 bridgehead atoms. The number of carbonyl (C=O) groups is 1. The van der Waals surface area contributed by atoms with Crippen LogP contribution in [-0.2, 0) is 10.2 Å². The van der Waals surface area contributed by atoms with Crippen LogP contribution in [-0.4, -0.2) is 16.2 Å². The van der Waals surface area contributed by atoms with Crippen molar-refractivity contribution in [2.45, 2.75) is 31.6 Å². The predicted octanol–water partition coefficient (Wildman–Crippen LogP) is 1.49. The number of carboxylic acid groups (broad SMARTS) is 1. The molecule has 1 aliphatic rings. The highest BCUT2D eigenvalue weighted by Crippen LogP contribution is 2.51. The first kappa shape index (κ1) is 8.29. The standard InChI is InChI=1S/C9H11NO3/c1-6-7(5-10-13-6)9(2-3-9)4-8(11)12/h5H,2-4H2,1H3,(H,11,12). The third-order valence-corrected chi connectivity index (χ3v) is 2.67. The van der Waals surface area contributed by atoms with Gasteiger partial charge >= 0.3 is 5.97 Å². The molecule has 0 atom stereocenters. The SMILES string of the molecule is Cc1oncc1C1(CC(=O)O)CC1. The lowest BCUT2D eigenvalue weighted by atomic mass is 9.93. The molecular weight excluding hydrogens is 170 g/mol. The van der Waals surface area contributed by atoms with Crippen molar-refractivity contribution < 1.29 is 14.4 Å². The van der Waals surface area contributed by atoms with E-state index in [1.165, 1.54) is 0 Å². The van der Waals surface area contributed by atoms with E-state index in [2.05, 4.69) is 5.16 Å². The number of aryl methyl sites for hydroxylation is 1. The molecule has 2 rings (SSSR count). The van der Waals surface area contributed by atoms with Gasteiger partial charge in [0.25, 0.3) is 0 Å². The van der Waals surface area contributed by atoms with Gasteiger partial charge in [-0.15, -0.1) is 0 Å². The highest BCUT2D eigenvalue weighted by atomic mass is 16.5. The van der Waals surface area contributed by atoms with Crippen LogP contribution in [0, 0.1) is 6.92 Å². The van der Waals surface area contributed by atoms with E-state index in [0.717, 1.165) is 24.2 Å². The molecule has 0 saturated heterocycles. The topological polar surface area (TPSA) is 63.3 Å². The minimum absolute atomic E-state index is 0.171. The van der Waals surface area contributed by atoms with Crippen LogP contribution in [0.25, 0.3) is 0 Å². The van der Waals surface area contributed by atoms with Crippen molar-refractivity contribution in [3.63, 3.8) is 0 Å². The lowest BCUT2D eigenvalue weighted by Gasteiger charge is -2.09. The summed E-state index contributed by atoms with van der Waals surface area (Å²) in [6.45, 7) is 1.82. The van der Waals surface area contributed by atoms with Gasteiger partial charge in [-0.1, -0.05) is 5.16 Å². The zero-order valence-electron chi connectivity index (χ0n) is 7.41. The summed E-state index contributed by atoms with van der Waals surface area (Å²) < 4.78 is 4.93. The average Bonchev–Trinajstić information content (AvgIpc) is 2.65. The molecule has 0 amide bonds. The Hall–Kier alpha value is -1.32. The molecule has 0 aliphatic heterocycles. The Kier molecular flexibility index (Phi) is 1.65. The van der Waals surface area contributed by atoms with Crippen LogP contribution in [0.5, 0.6) is 0 Å². The summed E-state index contributed by atoms with van der Waals surface area (Å²) in [4.78, 5) is 10.6. The van der Waals surface area contributed by atoms with Crippen molar-refractivity contribution in [3.8, 4) is 0 Å². The van der Waals surface area contributed by atoms with Crippen molar-refractivity contribution in [3.05, 3.63) is 17.5 Å². The minimum atomic E-state index is -0.752. The second kappa shape index (κ2) is 2.58. The monoisotopic (exact) mass is 181 g/mol. The summed E-state index contributed by atoms with van der Waals surface area (Å²) in [6.07, 6.45) is 3.70. The van der Waals surface area contributed by atoms with Gasteiger partial charge in [-0.05, 0) is 19.8 Å². The van der Waals surface area contributed by atoms with Gasteiger partial charge in [-0.25, -0.2) is 0 Å². The van der Waals surface area contributed by atoms with E-state index in [1.807, 2.05) is 6.92 Å². The summed E-state index contributed by atoms with van der Waals surface area (Å²) >= 11 is 0. The van der Waals surface area contributed by atoms with Gasteiger partial charge in [0.2, 0.25) is 0 Å². The quantitative estimate of drug-likeness (QED) is 0.767. The van der Waals surface area contributed by atoms with Crippen LogP contribution >= 0.6 is 0 Å². The van der Waals surface area contributed by atoms with E-state index < -0.39 is 5.97 Å². The molecule has 1 aliphatic carbocycles. The number of rotatable bonds is 3. The van der Waals surface area contributed by atoms with E-state index in [1.54, 1.807) is 6.20 Å². The number of nitrogens with zero attached hydrogens (tertiary/aromatic N) is 1. The van der Waals surface area contributed by atoms with E-state index in [-0.39, 0.29) is 11.8 Å². The maximum Gasteiger partial charge on any atom is 0.304 e. The summed E-state index contributed by atoms with van der Waals surface area (Å²) in [5.41, 5.74) is 0.797. The number of hydrogen-bond donors (Lipinski definition) is 1. The van der Waals surface area contributed by atoms with Gasteiger partial charge in [0, 0.05) is 11.0 Å². The Morgan fingerprint density at radius 3 is 2.85 bits per heavy atom. The molecule has 70 valence electrons. The van der Waals surface area contributed by atoms with Crippen molar-refractivity contribution in [2.75, 3.05) is 0 Å². The predicted molar refractivity (Wildman–Crippen MR) is 44.4 cm³/mol. The fourth-order valence-electron chi connectivity index (χ4n) is 1.79. The fraction of sp³-hybridized carbons (Fsp3) is 0.556. The molecule has 1 saturated carbocycles. The zero-order valence-corrected chi connectivity index (χ0v) is 7.41. The molecule has 1 aromatic rings. The van der Waals surface area contributed by atoms with Crippen LogP contribution in [0.2, 0.25) is 0 Å².